The highest BCUT2D eigenvalue weighted by atomic mass is 35.5. The highest BCUT2D eigenvalue weighted by Gasteiger charge is 2.21. The van der Waals surface area contributed by atoms with Gasteiger partial charge in [0.05, 0.1) is 10.4 Å². The molecule has 0 bridgehead atoms. The fourth-order valence-electron chi connectivity index (χ4n) is 2.83. The number of halogens is 1. The van der Waals surface area contributed by atoms with Crippen LogP contribution in [-0.4, -0.2) is 25.5 Å². The molecule has 1 saturated heterocycles. The van der Waals surface area contributed by atoms with Gasteiger partial charge in [-0.1, -0.05) is 24.3 Å². The average Bonchev–Trinajstić information content (AvgIpc) is 2.90. The van der Waals surface area contributed by atoms with Crippen molar-refractivity contribution in [1.29, 1.82) is 0 Å². The monoisotopic (exact) mass is 348 g/mol. The fraction of sp³-hybridized carbons (Fsp3) is 0.176. The maximum atomic E-state index is 12.7. The van der Waals surface area contributed by atoms with E-state index >= 15 is 0 Å². The van der Waals surface area contributed by atoms with Crippen molar-refractivity contribution in [3.05, 3.63) is 66.4 Å². The molecule has 2 heterocycles. The molecule has 1 aromatic heterocycles. The Bertz CT molecular complexity index is 932. The van der Waals surface area contributed by atoms with Crippen molar-refractivity contribution < 1.29 is 8.42 Å². The third-order valence-corrected chi connectivity index (χ3v) is 5.94. The van der Waals surface area contributed by atoms with Crippen LogP contribution in [0.4, 0.5) is 0 Å². The Morgan fingerprint density at radius 2 is 1.74 bits per heavy atom. The molecule has 0 amide bonds. The molecule has 0 saturated carbocycles. The molecule has 1 N–H and O–H groups in total. The van der Waals surface area contributed by atoms with Gasteiger partial charge in [0.2, 0.25) is 0 Å². The van der Waals surface area contributed by atoms with Crippen LogP contribution in [0.1, 0.15) is 11.5 Å². The lowest BCUT2D eigenvalue weighted by Gasteiger charge is -2.27. The van der Waals surface area contributed by atoms with Crippen molar-refractivity contribution >= 4 is 33.3 Å². The van der Waals surface area contributed by atoms with Crippen molar-refractivity contribution in [2.45, 2.75) is 10.8 Å². The van der Waals surface area contributed by atoms with Crippen LogP contribution in [0.5, 0.6) is 0 Å². The van der Waals surface area contributed by atoms with E-state index < -0.39 is 10.0 Å². The van der Waals surface area contributed by atoms with E-state index in [1.54, 1.807) is 30.5 Å². The molecule has 0 spiro atoms. The van der Waals surface area contributed by atoms with Gasteiger partial charge >= 0.3 is 0 Å². The molecule has 3 aromatic rings. The Labute approximate surface area is 141 Å². The second-order valence-electron chi connectivity index (χ2n) is 5.60. The van der Waals surface area contributed by atoms with Gasteiger partial charge in [-0.25, -0.2) is 12.4 Å². The summed E-state index contributed by atoms with van der Waals surface area (Å²) >= 11 is 0. The first-order valence-electron chi connectivity index (χ1n) is 7.28. The summed E-state index contributed by atoms with van der Waals surface area (Å²) in [5.74, 6) is 0.540. The molecule has 1 aliphatic rings. The van der Waals surface area contributed by atoms with Crippen LogP contribution in [0, 0.1) is 0 Å². The van der Waals surface area contributed by atoms with E-state index in [1.807, 2.05) is 24.3 Å². The first kappa shape index (κ1) is 16.1. The Morgan fingerprint density at radius 1 is 1.00 bits per heavy atom. The number of hydrogen-bond donors (Lipinski definition) is 1. The number of fused-ring (bicyclic) bond motifs is 1. The topological polar surface area (TPSA) is 51.1 Å². The summed E-state index contributed by atoms with van der Waals surface area (Å²) in [5, 5.41) is 4.22. The quantitative estimate of drug-likeness (QED) is 0.791. The summed E-state index contributed by atoms with van der Waals surface area (Å²) in [7, 11) is -3.54. The Kier molecular flexibility index (Phi) is 4.19. The average molecular weight is 349 g/mol. The molecule has 120 valence electrons. The number of nitrogens with zero attached hydrogens (tertiary/aromatic N) is 1. The van der Waals surface area contributed by atoms with Crippen molar-refractivity contribution in [3.8, 4) is 0 Å². The maximum absolute atomic E-state index is 12.7. The lowest BCUT2D eigenvalue weighted by atomic mass is 9.93. The molecule has 4 rings (SSSR count). The van der Waals surface area contributed by atoms with Crippen LogP contribution < -0.4 is 5.32 Å². The predicted molar refractivity (Wildman–Crippen MR) is 93.8 cm³/mol. The van der Waals surface area contributed by atoms with Crippen molar-refractivity contribution in [1.82, 2.24) is 9.29 Å². The third kappa shape index (κ3) is 2.65. The zero-order valence-corrected chi connectivity index (χ0v) is 14.0. The Morgan fingerprint density at radius 3 is 2.39 bits per heavy atom. The standard InChI is InChI=1S/C17H16N2O2S.ClH/c20-22(21,16-4-2-1-3-5-16)19-9-8-14-10-13(6-7-17(14)19)15-11-18-12-15;/h1-10,15,18H,11-12H2;1H. The lowest BCUT2D eigenvalue weighted by molar-refractivity contribution is 0.449. The molecule has 1 aliphatic heterocycles. The van der Waals surface area contributed by atoms with Gasteiger partial charge in [0.25, 0.3) is 10.0 Å². The van der Waals surface area contributed by atoms with Gasteiger partial charge in [0.1, 0.15) is 0 Å². The zero-order chi connectivity index (χ0) is 15.2. The molecular formula is C17H17ClN2O2S. The van der Waals surface area contributed by atoms with Crippen LogP contribution in [0.25, 0.3) is 10.9 Å². The van der Waals surface area contributed by atoms with E-state index in [-0.39, 0.29) is 12.4 Å². The molecule has 0 atom stereocenters. The smallest absolute Gasteiger partial charge is 0.268 e. The van der Waals surface area contributed by atoms with E-state index in [4.69, 9.17) is 0 Å². The third-order valence-electron chi connectivity index (χ3n) is 4.23. The summed E-state index contributed by atoms with van der Waals surface area (Å²) in [4.78, 5) is 0.305. The van der Waals surface area contributed by atoms with E-state index in [2.05, 4.69) is 11.4 Å². The van der Waals surface area contributed by atoms with Gasteiger partial charge in [-0.2, -0.15) is 0 Å². The van der Waals surface area contributed by atoms with E-state index in [0.29, 0.717) is 10.8 Å². The molecule has 0 radical (unpaired) electrons. The predicted octanol–water partition coefficient (Wildman–Crippen LogP) is 2.99. The van der Waals surface area contributed by atoms with Crippen LogP contribution in [0.3, 0.4) is 0 Å². The summed E-state index contributed by atoms with van der Waals surface area (Å²) < 4.78 is 26.9. The van der Waals surface area contributed by atoms with Crippen LogP contribution in [0.15, 0.2) is 65.7 Å². The SMILES string of the molecule is Cl.O=S(=O)(c1ccccc1)n1ccc2cc(C3CNC3)ccc21. The molecule has 0 aliphatic carbocycles. The second-order valence-corrected chi connectivity index (χ2v) is 7.42. The normalized spacial score (nSPS) is 15.1. The molecular weight excluding hydrogens is 332 g/mol. The minimum Gasteiger partial charge on any atom is -0.315 e. The van der Waals surface area contributed by atoms with Crippen molar-refractivity contribution in [3.63, 3.8) is 0 Å². The minimum atomic E-state index is -3.54. The summed E-state index contributed by atoms with van der Waals surface area (Å²) in [6.07, 6.45) is 1.63. The molecule has 4 nitrogen and oxygen atoms in total. The fourth-order valence-corrected chi connectivity index (χ4v) is 4.20. The zero-order valence-electron chi connectivity index (χ0n) is 12.3. The largest absolute Gasteiger partial charge is 0.315 e. The van der Waals surface area contributed by atoms with Crippen LogP contribution >= 0.6 is 12.4 Å². The number of aromatic nitrogens is 1. The van der Waals surface area contributed by atoms with Gasteiger partial charge in [0.15, 0.2) is 0 Å². The summed E-state index contributed by atoms with van der Waals surface area (Å²) in [5.41, 5.74) is 1.99. The van der Waals surface area contributed by atoms with Crippen molar-refractivity contribution in [2.24, 2.45) is 0 Å². The molecule has 0 unspecified atom stereocenters. The van der Waals surface area contributed by atoms with Crippen LogP contribution in [-0.2, 0) is 10.0 Å². The molecule has 1 fully saturated rings. The molecule has 23 heavy (non-hydrogen) atoms. The van der Waals surface area contributed by atoms with Gasteiger partial charge < -0.3 is 5.32 Å². The van der Waals surface area contributed by atoms with Gasteiger partial charge in [-0.15, -0.1) is 12.4 Å². The van der Waals surface area contributed by atoms with Gasteiger partial charge in [-0.05, 0) is 35.9 Å². The Hall–Kier alpha value is -1.82. The van der Waals surface area contributed by atoms with Gasteiger partial charge in [0, 0.05) is 30.6 Å². The first-order valence-corrected chi connectivity index (χ1v) is 8.72. The number of hydrogen-bond acceptors (Lipinski definition) is 3. The summed E-state index contributed by atoms with van der Waals surface area (Å²) in [6.45, 7) is 1.99. The highest BCUT2D eigenvalue weighted by Crippen LogP contribution is 2.27. The van der Waals surface area contributed by atoms with E-state index in [9.17, 15) is 8.42 Å². The number of rotatable bonds is 3. The summed E-state index contributed by atoms with van der Waals surface area (Å²) in [6, 6.07) is 16.4. The molecule has 6 heteroatoms. The highest BCUT2D eigenvalue weighted by molar-refractivity contribution is 7.90. The number of benzene rings is 2. The second kappa shape index (κ2) is 6.00. The van der Waals surface area contributed by atoms with Crippen molar-refractivity contribution in [2.75, 3.05) is 13.1 Å². The maximum Gasteiger partial charge on any atom is 0.268 e. The Balaban J connectivity index is 0.00000156. The van der Waals surface area contributed by atoms with Crippen LogP contribution in [0.2, 0.25) is 0 Å². The molecule has 2 aromatic carbocycles. The van der Waals surface area contributed by atoms with E-state index in [1.165, 1.54) is 9.54 Å². The number of nitrogens with one attached hydrogen (secondary N) is 1. The van der Waals surface area contributed by atoms with Gasteiger partial charge in [-0.3, -0.25) is 0 Å². The first-order chi connectivity index (χ1) is 10.7. The minimum absolute atomic E-state index is 0. The lowest BCUT2D eigenvalue weighted by Crippen LogP contribution is -2.39. The van der Waals surface area contributed by atoms with E-state index in [0.717, 1.165) is 24.0 Å².